The van der Waals surface area contributed by atoms with E-state index in [2.05, 4.69) is 22.9 Å². The Balaban J connectivity index is 1.41. The Morgan fingerprint density at radius 3 is 2.71 bits per heavy atom. The van der Waals surface area contributed by atoms with Crippen molar-refractivity contribution in [2.45, 2.75) is 63.3 Å². The number of ether oxygens (including phenoxy) is 2. The van der Waals surface area contributed by atoms with E-state index >= 15 is 0 Å². The molecular formula is C15H27N3O2S. The van der Waals surface area contributed by atoms with Crippen LogP contribution in [0.25, 0.3) is 0 Å². The van der Waals surface area contributed by atoms with Gasteiger partial charge >= 0.3 is 0 Å². The van der Waals surface area contributed by atoms with E-state index in [1.54, 1.807) is 0 Å². The number of hydrogen-bond acceptors (Lipinski definition) is 4. The predicted molar refractivity (Wildman–Crippen MR) is 86.2 cm³/mol. The average molecular weight is 313 g/mol. The van der Waals surface area contributed by atoms with E-state index < -0.39 is 0 Å². The minimum Gasteiger partial charge on any atom is -0.360 e. The minimum atomic E-state index is 0.251. The van der Waals surface area contributed by atoms with Gasteiger partial charge in [-0.15, -0.1) is 0 Å². The molecule has 6 heteroatoms. The Morgan fingerprint density at radius 1 is 1.14 bits per heavy atom. The van der Waals surface area contributed by atoms with Gasteiger partial charge < -0.3 is 25.4 Å². The van der Waals surface area contributed by atoms with Crippen molar-refractivity contribution in [2.75, 3.05) is 19.9 Å². The summed E-state index contributed by atoms with van der Waals surface area (Å²) in [6, 6.07) is 0.850. The fourth-order valence-electron chi connectivity index (χ4n) is 3.71. The van der Waals surface area contributed by atoms with Crippen LogP contribution < -0.4 is 16.0 Å². The average Bonchev–Trinajstić information content (AvgIpc) is 2.95. The molecule has 3 N–H and O–H groups in total. The number of hydrogen-bond donors (Lipinski definition) is 3. The molecule has 0 aromatic carbocycles. The second-order valence-electron chi connectivity index (χ2n) is 6.53. The third kappa shape index (κ3) is 4.06. The summed E-state index contributed by atoms with van der Waals surface area (Å²) in [5.74, 6) is 0.716. The van der Waals surface area contributed by atoms with E-state index in [1.165, 1.54) is 12.8 Å². The molecule has 4 atom stereocenters. The molecule has 21 heavy (non-hydrogen) atoms. The van der Waals surface area contributed by atoms with Crippen molar-refractivity contribution >= 4 is 17.3 Å². The largest absolute Gasteiger partial charge is 0.360 e. The zero-order chi connectivity index (χ0) is 14.7. The Morgan fingerprint density at radius 2 is 1.90 bits per heavy atom. The quantitative estimate of drug-likeness (QED) is 0.679. The molecule has 0 aromatic heterocycles. The van der Waals surface area contributed by atoms with Crippen LogP contribution in [0.4, 0.5) is 0 Å². The van der Waals surface area contributed by atoms with Crippen molar-refractivity contribution in [1.82, 2.24) is 16.0 Å². The van der Waals surface area contributed by atoms with Gasteiger partial charge in [0.1, 0.15) is 6.79 Å². The Kier molecular flexibility index (Phi) is 5.32. The van der Waals surface area contributed by atoms with E-state index in [-0.39, 0.29) is 6.10 Å². The van der Waals surface area contributed by atoms with Gasteiger partial charge in [-0.25, -0.2) is 0 Å². The smallest absolute Gasteiger partial charge is 0.166 e. The van der Waals surface area contributed by atoms with E-state index in [0.29, 0.717) is 30.9 Å². The van der Waals surface area contributed by atoms with Gasteiger partial charge in [-0.3, -0.25) is 0 Å². The summed E-state index contributed by atoms with van der Waals surface area (Å²) < 4.78 is 11.2. The molecule has 0 amide bonds. The van der Waals surface area contributed by atoms with Crippen LogP contribution in [-0.4, -0.2) is 49.3 Å². The van der Waals surface area contributed by atoms with E-state index in [9.17, 15) is 0 Å². The predicted octanol–water partition coefficient (Wildman–Crippen LogP) is 1.13. The van der Waals surface area contributed by atoms with Crippen LogP contribution in [0.2, 0.25) is 0 Å². The van der Waals surface area contributed by atoms with Gasteiger partial charge in [0.25, 0.3) is 0 Å². The fraction of sp³-hybridized carbons (Fsp3) is 0.933. The zero-order valence-corrected chi connectivity index (χ0v) is 13.6. The number of nitrogens with one attached hydrogen (secondary N) is 3. The van der Waals surface area contributed by atoms with Gasteiger partial charge in [0.05, 0.1) is 12.2 Å². The SMILES string of the molecule is CC(NC(=S)NC1CCC2OCOC2C1)C1CCNCC1. The summed E-state index contributed by atoms with van der Waals surface area (Å²) in [6.07, 6.45) is 6.18. The topological polar surface area (TPSA) is 54.5 Å². The molecule has 4 unspecified atom stereocenters. The van der Waals surface area contributed by atoms with Crippen LogP contribution in [0.3, 0.4) is 0 Å². The molecule has 0 bridgehead atoms. The maximum atomic E-state index is 5.61. The van der Waals surface area contributed by atoms with Gasteiger partial charge in [-0.2, -0.15) is 0 Å². The molecular weight excluding hydrogens is 286 g/mol. The van der Waals surface area contributed by atoms with Gasteiger partial charge in [-0.1, -0.05) is 0 Å². The summed E-state index contributed by atoms with van der Waals surface area (Å²) in [5.41, 5.74) is 0. The second kappa shape index (κ2) is 7.22. The lowest BCUT2D eigenvalue weighted by Gasteiger charge is -2.33. The summed E-state index contributed by atoms with van der Waals surface area (Å²) in [6.45, 7) is 4.95. The van der Waals surface area contributed by atoms with Gasteiger partial charge in [0, 0.05) is 12.1 Å². The highest BCUT2D eigenvalue weighted by Gasteiger charge is 2.36. The monoisotopic (exact) mass is 313 g/mol. The van der Waals surface area contributed by atoms with E-state index in [4.69, 9.17) is 21.7 Å². The lowest BCUT2D eigenvalue weighted by atomic mass is 9.90. The molecule has 0 spiro atoms. The van der Waals surface area contributed by atoms with Crippen LogP contribution in [0.5, 0.6) is 0 Å². The number of piperidine rings is 1. The molecule has 2 saturated heterocycles. The molecule has 0 aromatic rings. The lowest BCUT2D eigenvalue weighted by Crippen LogP contribution is -2.51. The zero-order valence-electron chi connectivity index (χ0n) is 12.8. The normalized spacial score (nSPS) is 35.0. The van der Waals surface area contributed by atoms with Crippen LogP contribution in [0.1, 0.15) is 39.0 Å². The minimum absolute atomic E-state index is 0.251. The number of thiocarbonyl (C=S) groups is 1. The molecule has 120 valence electrons. The molecule has 2 heterocycles. The van der Waals surface area contributed by atoms with Crippen molar-refractivity contribution in [1.29, 1.82) is 0 Å². The highest BCUT2D eigenvalue weighted by atomic mass is 32.1. The van der Waals surface area contributed by atoms with E-state index in [1.807, 2.05) is 0 Å². The highest BCUT2D eigenvalue weighted by molar-refractivity contribution is 7.80. The standard InChI is InChI=1S/C15H27N3O2S/c1-10(11-4-6-16-7-5-11)17-15(21)18-12-2-3-13-14(8-12)20-9-19-13/h10-14,16H,2-9H2,1H3,(H2,17,18,21). The van der Waals surface area contributed by atoms with Crippen molar-refractivity contribution in [3.05, 3.63) is 0 Å². The van der Waals surface area contributed by atoms with Crippen molar-refractivity contribution in [2.24, 2.45) is 5.92 Å². The molecule has 3 rings (SSSR count). The van der Waals surface area contributed by atoms with Crippen molar-refractivity contribution in [3.8, 4) is 0 Å². The first-order chi connectivity index (χ1) is 10.2. The van der Waals surface area contributed by atoms with Crippen LogP contribution in [0.15, 0.2) is 0 Å². The Labute approximate surface area is 132 Å². The third-order valence-electron chi connectivity index (χ3n) is 5.08. The summed E-state index contributed by atoms with van der Waals surface area (Å²) in [7, 11) is 0. The van der Waals surface area contributed by atoms with Crippen molar-refractivity contribution in [3.63, 3.8) is 0 Å². The van der Waals surface area contributed by atoms with Crippen LogP contribution >= 0.6 is 12.2 Å². The first-order valence-electron chi connectivity index (χ1n) is 8.23. The van der Waals surface area contributed by atoms with Crippen LogP contribution in [-0.2, 0) is 9.47 Å². The van der Waals surface area contributed by atoms with Gasteiger partial charge in [0.2, 0.25) is 0 Å². The highest BCUT2D eigenvalue weighted by Crippen LogP contribution is 2.28. The molecule has 0 radical (unpaired) electrons. The van der Waals surface area contributed by atoms with Gasteiger partial charge in [0.15, 0.2) is 5.11 Å². The fourth-order valence-corrected chi connectivity index (χ4v) is 4.06. The lowest BCUT2D eigenvalue weighted by molar-refractivity contribution is 0.0393. The molecule has 1 aliphatic carbocycles. The Hall–Kier alpha value is -0.430. The van der Waals surface area contributed by atoms with Gasteiger partial charge in [-0.05, 0) is 70.3 Å². The molecule has 3 aliphatic rings. The third-order valence-corrected chi connectivity index (χ3v) is 5.32. The molecule has 1 saturated carbocycles. The first kappa shape index (κ1) is 15.5. The first-order valence-corrected chi connectivity index (χ1v) is 8.64. The summed E-state index contributed by atoms with van der Waals surface area (Å²) >= 11 is 5.49. The van der Waals surface area contributed by atoms with Crippen molar-refractivity contribution < 1.29 is 9.47 Å². The van der Waals surface area contributed by atoms with Crippen LogP contribution in [0, 0.1) is 5.92 Å². The second-order valence-corrected chi connectivity index (χ2v) is 6.94. The maximum absolute atomic E-state index is 5.61. The molecule has 3 fully saturated rings. The molecule has 2 aliphatic heterocycles. The number of rotatable bonds is 3. The maximum Gasteiger partial charge on any atom is 0.166 e. The summed E-state index contributed by atoms with van der Waals surface area (Å²) in [4.78, 5) is 0. The van der Waals surface area contributed by atoms with E-state index in [0.717, 1.165) is 37.5 Å². The number of fused-ring (bicyclic) bond motifs is 1. The summed E-state index contributed by atoms with van der Waals surface area (Å²) in [5, 5.41) is 11.2. The Bertz CT molecular complexity index is 363. The molecule has 5 nitrogen and oxygen atoms in total.